The fourth-order valence-electron chi connectivity index (χ4n) is 1.39. The standard InChI is InChI=1S/C9H13N3O4S/c1-9(5-16-2,3-7(13)14)11-8(15)6-4-10-17-12-6/h4H,3,5H2,1-2H3,(H,11,15)(H,13,14). The molecule has 1 heterocycles. The van der Waals surface area contributed by atoms with Gasteiger partial charge in [-0.1, -0.05) is 0 Å². The molecule has 1 amide bonds. The van der Waals surface area contributed by atoms with Crippen molar-refractivity contribution in [2.24, 2.45) is 0 Å². The largest absolute Gasteiger partial charge is 0.481 e. The lowest BCUT2D eigenvalue weighted by molar-refractivity contribution is -0.139. The van der Waals surface area contributed by atoms with Crippen molar-refractivity contribution >= 4 is 23.6 Å². The lowest BCUT2D eigenvalue weighted by atomic mass is 9.99. The molecular formula is C9H13N3O4S. The molecule has 0 spiro atoms. The molecule has 1 aromatic rings. The van der Waals surface area contributed by atoms with Crippen LogP contribution >= 0.6 is 11.7 Å². The Kier molecular flexibility index (Phi) is 4.53. The topological polar surface area (TPSA) is 101 Å². The van der Waals surface area contributed by atoms with E-state index in [0.29, 0.717) is 0 Å². The molecule has 94 valence electrons. The Hall–Kier alpha value is -1.54. The number of ether oxygens (including phenoxy) is 1. The van der Waals surface area contributed by atoms with E-state index in [1.807, 2.05) is 0 Å². The van der Waals surface area contributed by atoms with Crippen LogP contribution in [0.15, 0.2) is 6.20 Å². The smallest absolute Gasteiger partial charge is 0.305 e. The zero-order chi connectivity index (χ0) is 12.9. The molecule has 7 nitrogen and oxygen atoms in total. The number of carboxylic acids is 1. The quantitative estimate of drug-likeness (QED) is 0.754. The Labute approximate surface area is 102 Å². The Bertz CT molecular complexity index is 395. The second-order valence-electron chi connectivity index (χ2n) is 3.81. The predicted molar refractivity (Wildman–Crippen MR) is 59.9 cm³/mol. The van der Waals surface area contributed by atoms with Gasteiger partial charge in [0.15, 0.2) is 5.69 Å². The number of hydrogen-bond donors (Lipinski definition) is 2. The van der Waals surface area contributed by atoms with E-state index in [9.17, 15) is 9.59 Å². The Morgan fingerprint density at radius 3 is 2.82 bits per heavy atom. The molecule has 1 unspecified atom stereocenters. The average molecular weight is 259 g/mol. The van der Waals surface area contributed by atoms with Crippen LogP contribution in [0.5, 0.6) is 0 Å². The summed E-state index contributed by atoms with van der Waals surface area (Å²) in [4.78, 5) is 22.4. The summed E-state index contributed by atoms with van der Waals surface area (Å²) in [5.74, 6) is -1.47. The number of carbonyl (C=O) groups excluding carboxylic acids is 1. The third kappa shape index (κ3) is 4.08. The molecule has 0 aliphatic heterocycles. The van der Waals surface area contributed by atoms with Crippen molar-refractivity contribution < 1.29 is 19.4 Å². The fraction of sp³-hybridized carbons (Fsp3) is 0.556. The van der Waals surface area contributed by atoms with Gasteiger partial charge in [-0.2, -0.15) is 8.75 Å². The first-order valence-electron chi connectivity index (χ1n) is 4.78. The second kappa shape index (κ2) is 5.69. The van der Waals surface area contributed by atoms with Gasteiger partial charge in [0.1, 0.15) is 0 Å². The number of carboxylic acid groups (broad SMARTS) is 1. The molecule has 1 atom stereocenters. The maximum Gasteiger partial charge on any atom is 0.305 e. The molecular weight excluding hydrogens is 246 g/mol. The number of carbonyl (C=O) groups is 2. The van der Waals surface area contributed by atoms with E-state index in [4.69, 9.17) is 9.84 Å². The van der Waals surface area contributed by atoms with E-state index in [1.165, 1.54) is 13.3 Å². The summed E-state index contributed by atoms with van der Waals surface area (Å²) in [5, 5.41) is 11.4. The van der Waals surface area contributed by atoms with Gasteiger partial charge >= 0.3 is 5.97 Å². The SMILES string of the molecule is COCC(C)(CC(=O)O)NC(=O)c1cnsn1. The highest BCUT2D eigenvalue weighted by molar-refractivity contribution is 6.99. The van der Waals surface area contributed by atoms with Crippen LogP contribution < -0.4 is 5.32 Å². The Balaban J connectivity index is 2.72. The van der Waals surface area contributed by atoms with Gasteiger partial charge in [0, 0.05) is 7.11 Å². The molecule has 0 saturated heterocycles. The van der Waals surface area contributed by atoms with Crippen molar-refractivity contribution in [1.29, 1.82) is 0 Å². The molecule has 0 saturated carbocycles. The molecule has 0 radical (unpaired) electrons. The summed E-state index contributed by atoms with van der Waals surface area (Å²) in [6.45, 7) is 1.70. The summed E-state index contributed by atoms with van der Waals surface area (Å²) >= 11 is 0.913. The minimum absolute atomic E-state index is 0.0998. The van der Waals surface area contributed by atoms with Crippen molar-refractivity contribution in [3.63, 3.8) is 0 Å². The van der Waals surface area contributed by atoms with Gasteiger partial charge in [0.05, 0.1) is 36.5 Å². The molecule has 17 heavy (non-hydrogen) atoms. The van der Waals surface area contributed by atoms with E-state index in [-0.39, 0.29) is 18.7 Å². The number of aliphatic carboxylic acids is 1. The van der Waals surface area contributed by atoms with Gasteiger partial charge in [-0.05, 0) is 6.92 Å². The van der Waals surface area contributed by atoms with E-state index < -0.39 is 17.4 Å². The maximum atomic E-state index is 11.7. The van der Waals surface area contributed by atoms with Crippen LogP contribution in [0.4, 0.5) is 0 Å². The molecule has 0 fully saturated rings. The van der Waals surface area contributed by atoms with Gasteiger partial charge in [-0.25, -0.2) is 0 Å². The average Bonchev–Trinajstić information content (AvgIpc) is 2.68. The molecule has 2 N–H and O–H groups in total. The summed E-state index contributed by atoms with van der Waals surface area (Å²) in [5.41, 5.74) is -0.802. The van der Waals surface area contributed by atoms with Crippen molar-refractivity contribution in [3.05, 3.63) is 11.9 Å². The van der Waals surface area contributed by atoms with Crippen molar-refractivity contribution in [3.8, 4) is 0 Å². The first-order chi connectivity index (χ1) is 7.97. The third-order valence-corrected chi connectivity index (χ3v) is 2.49. The lowest BCUT2D eigenvalue weighted by Crippen LogP contribution is -2.50. The zero-order valence-electron chi connectivity index (χ0n) is 9.47. The number of nitrogens with zero attached hydrogens (tertiary/aromatic N) is 2. The maximum absolute atomic E-state index is 11.7. The lowest BCUT2D eigenvalue weighted by Gasteiger charge is -2.27. The van der Waals surface area contributed by atoms with Gasteiger partial charge in [0.25, 0.3) is 5.91 Å². The minimum Gasteiger partial charge on any atom is -0.481 e. The summed E-state index contributed by atoms with van der Waals surface area (Å²) in [6, 6.07) is 0. The zero-order valence-corrected chi connectivity index (χ0v) is 10.3. The van der Waals surface area contributed by atoms with E-state index in [2.05, 4.69) is 14.1 Å². The first-order valence-corrected chi connectivity index (χ1v) is 5.51. The minimum atomic E-state index is -1.01. The van der Waals surface area contributed by atoms with Gasteiger partial charge in [0.2, 0.25) is 0 Å². The summed E-state index contributed by atoms with van der Waals surface area (Å²) in [7, 11) is 1.44. The summed E-state index contributed by atoms with van der Waals surface area (Å²) < 4.78 is 12.4. The molecule has 0 bridgehead atoms. The van der Waals surface area contributed by atoms with Crippen LogP contribution in [0.2, 0.25) is 0 Å². The van der Waals surface area contributed by atoms with Crippen LogP contribution in [0.3, 0.4) is 0 Å². The number of rotatable bonds is 6. The third-order valence-electron chi connectivity index (χ3n) is 2.01. The number of amides is 1. The molecule has 0 aliphatic rings. The van der Waals surface area contributed by atoms with Crippen molar-refractivity contribution in [2.75, 3.05) is 13.7 Å². The van der Waals surface area contributed by atoms with Crippen molar-refractivity contribution in [1.82, 2.24) is 14.1 Å². The van der Waals surface area contributed by atoms with Gasteiger partial charge in [-0.15, -0.1) is 0 Å². The number of methoxy groups -OCH3 is 1. The highest BCUT2D eigenvalue weighted by Gasteiger charge is 2.30. The van der Waals surface area contributed by atoms with Crippen LogP contribution in [-0.2, 0) is 9.53 Å². The van der Waals surface area contributed by atoms with Crippen LogP contribution in [-0.4, -0.2) is 45.0 Å². The number of nitrogens with one attached hydrogen (secondary N) is 1. The van der Waals surface area contributed by atoms with Crippen molar-refractivity contribution in [2.45, 2.75) is 18.9 Å². The molecule has 0 aromatic carbocycles. The van der Waals surface area contributed by atoms with Crippen LogP contribution in [0.1, 0.15) is 23.8 Å². The van der Waals surface area contributed by atoms with E-state index in [1.54, 1.807) is 6.92 Å². The van der Waals surface area contributed by atoms with Gasteiger partial charge < -0.3 is 15.2 Å². The van der Waals surface area contributed by atoms with E-state index >= 15 is 0 Å². The fourth-order valence-corrected chi connectivity index (χ4v) is 1.80. The highest BCUT2D eigenvalue weighted by atomic mass is 32.1. The molecule has 1 aromatic heterocycles. The summed E-state index contributed by atoms with van der Waals surface area (Å²) in [6.07, 6.45) is 1.10. The van der Waals surface area contributed by atoms with Gasteiger partial charge in [-0.3, -0.25) is 9.59 Å². The van der Waals surface area contributed by atoms with Crippen LogP contribution in [0, 0.1) is 0 Å². The first kappa shape index (κ1) is 13.5. The number of hydrogen-bond acceptors (Lipinski definition) is 6. The second-order valence-corrected chi connectivity index (χ2v) is 4.37. The van der Waals surface area contributed by atoms with Crippen LogP contribution in [0.25, 0.3) is 0 Å². The van der Waals surface area contributed by atoms with E-state index in [0.717, 1.165) is 11.7 Å². The number of aromatic nitrogens is 2. The molecule has 1 rings (SSSR count). The molecule has 0 aliphatic carbocycles. The monoisotopic (exact) mass is 259 g/mol. The Morgan fingerprint density at radius 1 is 1.65 bits per heavy atom. The highest BCUT2D eigenvalue weighted by Crippen LogP contribution is 2.11. The predicted octanol–water partition coefficient (Wildman–Crippen LogP) is 0.148. The normalized spacial score (nSPS) is 14.0. The molecule has 8 heteroatoms. The Morgan fingerprint density at radius 2 is 2.35 bits per heavy atom.